The Morgan fingerprint density at radius 1 is 1.19 bits per heavy atom. The quantitative estimate of drug-likeness (QED) is 0.844. The molecule has 1 saturated heterocycles. The smallest absolute Gasteiger partial charge is 0.251 e. The van der Waals surface area contributed by atoms with Crippen molar-refractivity contribution in [1.29, 1.82) is 0 Å². The third kappa shape index (κ3) is 4.13. The molecule has 0 saturated carbocycles. The summed E-state index contributed by atoms with van der Waals surface area (Å²) in [6.07, 6.45) is 0.0401. The lowest BCUT2D eigenvalue weighted by Gasteiger charge is -2.17. The minimum atomic E-state index is -0.542. The van der Waals surface area contributed by atoms with E-state index in [4.69, 9.17) is 0 Å². The molecule has 2 aromatic carbocycles. The van der Waals surface area contributed by atoms with Crippen molar-refractivity contribution < 1.29 is 18.8 Å². The number of halogens is 1. The number of para-hydroxylation sites is 1. The number of carbonyl (C=O) groups excluding carboxylic acids is 3. The molecule has 3 rings (SSSR count). The van der Waals surface area contributed by atoms with Crippen molar-refractivity contribution >= 4 is 23.4 Å². The molecule has 3 amide bonds. The van der Waals surface area contributed by atoms with Gasteiger partial charge in [0.25, 0.3) is 5.91 Å². The van der Waals surface area contributed by atoms with Gasteiger partial charge in [-0.3, -0.25) is 14.4 Å². The molecule has 2 N–H and O–H groups in total. The molecule has 1 atom stereocenters. The van der Waals surface area contributed by atoms with E-state index in [1.807, 2.05) is 0 Å². The highest BCUT2D eigenvalue weighted by molar-refractivity contribution is 6.00. The van der Waals surface area contributed by atoms with Crippen LogP contribution in [0.1, 0.15) is 22.3 Å². The SMILES string of the molecule is CNC(=O)c1cccc(CNC(=O)C2CC(=O)N(c3ccccc3F)C2)c1. The van der Waals surface area contributed by atoms with Gasteiger partial charge in [-0.25, -0.2) is 4.39 Å². The summed E-state index contributed by atoms with van der Waals surface area (Å²) in [4.78, 5) is 37.6. The molecule has 1 unspecified atom stereocenters. The number of hydrogen-bond donors (Lipinski definition) is 2. The van der Waals surface area contributed by atoms with Gasteiger partial charge in [-0.15, -0.1) is 0 Å². The molecule has 1 aliphatic heterocycles. The Labute approximate surface area is 156 Å². The molecule has 2 aromatic rings. The Balaban J connectivity index is 1.62. The van der Waals surface area contributed by atoms with E-state index in [0.29, 0.717) is 5.56 Å². The van der Waals surface area contributed by atoms with E-state index in [1.165, 1.54) is 17.0 Å². The second-order valence-electron chi connectivity index (χ2n) is 6.35. The highest BCUT2D eigenvalue weighted by Crippen LogP contribution is 2.27. The number of amides is 3. The molecular weight excluding hydrogens is 349 g/mol. The summed E-state index contributed by atoms with van der Waals surface area (Å²) in [5.74, 6) is -1.78. The number of nitrogens with zero attached hydrogens (tertiary/aromatic N) is 1. The van der Waals surface area contributed by atoms with Gasteiger partial charge in [0.05, 0.1) is 11.6 Å². The van der Waals surface area contributed by atoms with E-state index in [9.17, 15) is 18.8 Å². The average Bonchev–Trinajstić information content (AvgIpc) is 3.07. The van der Waals surface area contributed by atoms with Crippen LogP contribution < -0.4 is 15.5 Å². The molecule has 0 spiro atoms. The largest absolute Gasteiger partial charge is 0.355 e. The molecule has 6 nitrogen and oxygen atoms in total. The fourth-order valence-corrected chi connectivity index (χ4v) is 3.09. The maximum absolute atomic E-state index is 13.9. The van der Waals surface area contributed by atoms with Crippen LogP contribution in [0.4, 0.5) is 10.1 Å². The van der Waals surface area contributed by atoms with Crippen molar-refractivity contribution in [3.63, 3.8) is 0 Å². The monoisotopic (exact) mass is 369 g/mol. The first-order valence-corrected chi connectivity index (χ1v) is 8.63. The molecule has 27 heavy (non-hydrogen) atoms. The van der Waals surface area contributed by atoms with Crippen molar-refractivity contribution in [3.05, 3.63) is 65.5 Å². The maximum atomic E-state index is 13.9. The minimum absolute atomic E-state index is 0.0401. The number of benzene rings is 2. The van der Waals surface area contributed by atoms with Crippen molar-refractivity contribution in [2.45, 2.75) is 13.0 Å². The first kappa shape index (κ1) is 18.6. The van der Waals surface area contributed by atoms with Gasteiger partial charge in [0.2, 0.25) is 11.8 Å². The summed E-state index contributed by atoms with van der Waals surface area (Å²) >= 11 is 0. The van der Waals surface area contributed by atoms with Gasteiger partial charge in [0.15, 0.2) is 0 Å². The highest BCUT2D eigenvalue weighted by Gasteiger charge is 2.35. The lowest BCUT2D eigenvalue weighted by atomic mass is 10.1. The van der Waals surface area contributed by atoms with Crippen LogP contribution in [0.3, 0.4) is 0 Å². The van der Waals surface area contributed by atoms with E-state index in [2.05, 4.69) is 10.6 Å². The van der Waals surface area contributed by atoms with Gasteiger partial charge in [0, 0.05) is 32.1 Å². The number of nitrogens with one attached hydrogen (secondary N) is 2. The molecule has 7 heteroatoms. The van der Waals surface area contributed by atoms with Crippen LogP contribution in [0.25, 0.3) is 0 Å². The summed E-state index contributed by atoms with van der Waals surface area (Å²) in [6.45, 7) is 0.387. The zero-order chi connectivity index (χ0) is 19.4. The van der Waals surface area contributed by atoms with Crippen molar-refractivity contribution in [3.8, 4) is 0 Å². The number of hydrogen-bond acceptors (Lipinski definition) is 3. The van der Waals surface area contributed by atoms with Gasteiger partial charge in [-0.1, -0.05) is 24.3 Å². The lowest BCUT2D eigenvalue weighted by Crippen LogP contribution is -2.32. The molecule has 0 aromatic heterocycles. The van der Waals surface area contributed by atoms with E-state index >= 15 is 0 Å². The van der Waals surface area contributed by atoms with Crippen molar-refractivity contribution in [2.24, 2.45) is 5.92 Å². The van der Waals surface area contributed by atoms with Crippen molar-refractivity contribution in [2.75, 3.05) is 18.5 Å². The van der Waals surface area contributed by atoms with E-state index in [-0.39, 0.29) is 42.9 Å². The second-order valence-corrected chi connectivity index (χ2v) is 6.35. The molecule has 0 aliphatic carbocycles. The Morgan fingerprint density at radius 3 is 2.70 bits per heavy atom. The second kappa shape index (κ2) is 7.99. The average molecular weight is 369 g/mol. The minimum Gasteiger partial charge on any atom is -0.355 e. The van der Waals surface area contributed by atoms with E-state index in [1.54, 1.807) is 43.4 Å². The van der Waals surface area contributed by atoms with Crippen molar-refractivity contribution in [1.82, 2.24) is 10.6 Å². The molecule has 1 fully saturated rings. The van der Waals surface area contributed by atoms with Crippen LogP contribution in [0, 0.1) is 11.7 Å². The topological polar surface area (TPSA) is 78.5 Å². The normalized spacial score (nSPS) is 16.3. The highest BCUT2D eigenvalue weighted by atomic mass is 19.1. The maximum Gasteiger partial charge on any atom is 0.251 e. The predicted molar refractivity (Wildman–Crippen MR) is 98.5 cm³/mol. The molecule has 1 aliphatic rings. The molecule has 0 radical (unpaired) electrons. The zero-order valence-corrected chi connectivity index (χ0v) is 14.9. The van der Waals surface area contributed by atoms with Gasteiger partial charge < -0.3 is 15.5 Å². The molecular formula is C20H20FN3O3. The van der Waals surface area contributed by atoms with Gasteiger partial charge in [0.1, 0.15) is 5.82 Å². The van der Waals surface area contributed by atoms with Crippen LogP contribution in [-0.4, -0.2) is 31.3 Å². The Kier molecular flexibility index (Phi) is 5.49. The van der Waals surface area contributed by atoms with E-state index in [0.717, 1.165) is 5.56 Å². The Bertz CT molecular complexity index is 884. The Hall–Kier alpha value is -3.22. The number of anilines is 1. The van der Waals surface area contributed by atoms with Gasteiger partial charge in [-0.05, 0) is 29.8 Å². The van der Waals surface area contributed by atoms with Crippen LogP contribution in [0.5, 0.6) is 0 Å². The van der Waals surface area contributed by atoms with Crippen LogP contribution >= 0.6 is 0 Å². The fraction of sp³-hybridized carbons (Fsp3) is 0.250. The third-order valence-corrected chi connectivity index (χ3v) is 4.52. The lowest BCUT2D eigenvalue weighted by molar-refractivity contribution is -0.126. The molecule has 1 heterocycles. The fourth-order valence-electron chi connectivity index (χ4n) is 3.09. The van der Waals surface area contributed by atoms with Crippen LogP contribution in [0.15, 0.2) is 48.5 Å². The third-order valence-electron chi connectivity index (χ3n) is 4.52. The number of rotatable bonds is 5. The van der Waals surface area contributed by atoms with Gasteiger partial charge >= 0.3 is 0 Å². The van der Waals surface area contributed by atoms with Gasteiger partial charge in [-0.2, -0.15) is 0 Å². The first-order valence-electron chi connectivity index (χ1n) is 8.63. The van der Waals surface area contributed by atoms with E-state index < -0.39 is 11.7 Å². The summed E-state index contributed by atoms with van der Waals surface area (Å²) in [5, 5.41) is 5.34. The van der Waals surface area contributed by atoms with Crippen LogP contribution in [-0.2, 0) is 16.1 Å². The molecule has 140 valence electrons. The summed E-state index contributed by atoms with van der Waals surface area (Å²) in [5.41, 5.74) is 1.47. The number of carbonyl (C=O) groups is 3. The standard InChI is InChI=1S/C20H20FN3O3/c1-22-19(26)14-6-4-5-13(9-14)11-23-20(27)15-10-18(25)24(12-15)17-8-3-2-7-16(17)21/h2-9,15H,10-12H2,1H3,(H,22,26)(H,23,27). The Morgan fingerprint density at radius 2 is 1.96 bits per heavy atom. The summed E-state index contributed by atoms with van der Waals surface area (Å²) in [7, 11) is 1.55. The summed E-state index contributed by atoms with van der Waals surface area (Å²) < 4.78 is 13.9. The molecule has 0 bridgehead atoms. The van der Waals surface area contributed by atoms with Crippen LogP contribution in [0.2, 0.25) is 0 Å². The predicted octanol–water partition coefficient (Wildman–Crippen LogP) is 1.85. The summed E-state index contributed by atoms with van der Waals surface area (Å²) in [6, 6.07) is 12.9. The zero-order valence-electron chi connectivity index (χ0n) is 14.9. The first-order chi connectivity index (χ1) is 13.0.